The Morgan fingerprint density at radius 2 is 2.00 bits per heavy atom. The van der Waals surface area contributed by atoms with E-state index in [1.54, 1.807) is 6.92 Å². The minimum atomic E-state index is -0.718. The van der Waals surface area contributed by atoms with E-state index in [2.05, 4.69) is 5.32 Å². The van der Waals surface area contributed by atoms with Gasteiger partial charge in [0.2, 0.25) is 6.54 Å². The quantitative estimate of drug-likeness (QED) is 0.421. The first kappa shape index (κ1) is 20.5. The van der Waals surface area contributed by atoms with Crippen LogP contribution < -0.4 is 5.32 Å². The van der Waals surface area contributed by atoms with Gasteiger partial charge in [0.05, 0.1) is 12.5 Å². The van der Waals surface area contributed by atoms with Crippen molar-refractivity contribution in [2.45, 2.75) is 32.7 Å². The van der Waals surface area contributed by atoms with Crippen LogP contribution in [-0.2, 0) is 19.1 Å². The van der Waals surface area contributed by atoms with Crippen molar-refractivity contribution in [1.82, 2.24) is 5.32 Å². The highest BCUT2D eigenvalue weighted by atomic mass is 16.6. The van der Waals surface area contributed by atoms with E-state index in [9.17, 15) is 24.5 Å². The third kappa shape index (κ3) is 5.87. The monoisotopic (exact) mass is 376 g/mol. The van der Waals surface area contributed by atoms with Crippen LogP contribution in [0.25, 0.3) is 0 Å². The second kappa shape index (κ2) is 9.25. The van der Waals surface area contributed by atoms with E-state index in [1.165, 1.54) is 0 Å². The zero-order valence-electron chi connectivity index (χ0n) is 15.4. The summed E-state index contributed by atoms with van der Waals surface area (Å²) in [6, 6.07) is 9.10. The number of carbonyl (C=O) groups excluding carboxylic acids is 3. The number of Topliss-reactive ketones (excluding diaryl/α,β-unsaturated/α-hetero) is 1. The Morgan fingerprint density at radius 1 is 1.33 bits per heavy atom. The summed E-state index contributed by atoms with van der Waals surface area (Å²) in [4.78, 5) is 46.3. The van der Waals surface area contributed by atoms with Crippen molar-refractivity contribution in [2.75, 3.05) is 13.2 Å². The SMILES string of the molecule is C[C@H](NC(=O)COC(=O)C[C@@H]1C(=O)C[C@@H](C)[C@H]1C[N+](=O)[O-])c1ccccc1. The molecular formula is C19H24N2O6. The summed E-state index contributed by atoms with van der Waals surface area (Å²) in [5.74, 6) is -2.65. The normalized spacial score (nSPS) is 22.9. The number of nitro groups is 1. The second-order valence-electron chi connectivity index (χ2n) is 7.00. The number of hydrogen-bond donors (Lipinski definition) is 1. The minimum absolute atomic E-state index is 0.143. The van der Waals surface area contributed by atoms with Crippen molar-refractivity contribution >= 4 is 17.7 Å². The van der Waals surface area contributed by atoms with Gasteiger partial charge in [0, 0.05) is 23.2 Å². The van der Waals surface area contributed by atoms with Crippen LogP contribution in [0.4, 0.5) is 0 Å². The third-order valence-electron chi connectivity index (χ3n) is 4.97. The van der Waals surface area contributed by atoms with Gasteiger partial charge in [0.15, 0.2) is 6.61 Å². The van der Waals surface area contributed by atoms with Gasteiger partial charge < -0.3 is 10.1 Å². The summed E-state index contributed by atoms with van der Waals surface area (Å²) in [6.07, 6.45) is -0.00523. The minimum Gasteiger partial charge on any atom is -0.456 e. The molecule has 1 saturated carbocycles. The van der Waals surface area contributed by atoms with Crippen LogP contribution in [0.15, 0.2) is 30.3 Å². The Hall–Kier alpha value is -2.77. The molecule has 0 radical (unpaired) electrons. The molecule has 0 spiro atoms. The Balaban J connectivity index is 1.82. The predicted molar refractivity (Wildman–Crippen MR) is 96.2 cm³/mol. The molecule has 8 heteroatoms. The highest BCUT2D eigenvalue weighted by molar-refractivity contribution is 5.88. The van der Waals surface area contributed by atoms with Crippen molar-refractivity contribution < 1.29 is 24.0 Å². The highest BCUT2D eigenvalue weighted by Crippen LogP contribution is 2.36. The van der Waals surface area contributed by atoms with Gasteiger partial charge in [-0.1, -0.05) is 37.3 Å². The molecule has 0 bridgehead atoms. The number of carbonyl (C=O) groups is 3. The standard InChI is InChI=1S/C19H24N2O6/c1-12-8-17(22)15(16(12)10-21(25)26)9-19(24)27-11-18(23)20-13(2)14-6-4-3-5-7-14/h3-7,12-13,15-16H,8-11H2,1-2H3,(H,20,23)/t12-,13+,15+,16-/m1/s1. The molecule has 0 unspecified atom stereocenters. The zero-order valence-corrected chi connectivity index (χ0v) is 15.4. The average molecular weight is 376 g/mol. The fourth-order valence-electron chi connectivity index (χ4n) is 3.49. The molecule has 0 aromatic heterocycles. The van der Waals surface area contributed by atoms with E-state index in [0.717, 1.165) is 5.56 Å². The Labute approximate surface area is 157 Å². The molecule has 0 saturated heterocycles. The summed E-state index contributed by atoms with van der Waals surface area (Å²) in [6.45, 7) is 2.79. The molecule has 0 heterocycles. The first-order valence-corrected chi connectivity index (χ1v) is 8.92. The number of hydrogen-bond acceptors (Lipinski definition) is 6. The lowest BCUT2D eigenvalue weighted by atomic mass is 9.88. The third-order valence-corrected chi connectivity index (χ3v) is 4.97. The van der Waals surface area contributed by atoms with Gasteiger partial charge in [0.1, 0.15) is 5.78 Å². The number of esters is 1. The molecule has 27 heavy (non-hydrogen) atoms. The van der Waals surface area contributed by atoms with Crippen molar-refractivity contribution in [3.63, 3.8) is 0 Å². The number of benzene rings is 1. The number of nitrogens with zero attached hydrogens (tertiary/aromatic N) is 1. The predicted octanol–water partition coefficient (Wildman–Crippen LogP) is 1.92. The first-order valence-electron chi connectivity index (χ1n) is 8.92. The molecule has 1 aliphatic rings. The molecule has 1 fully saturated rings. The molecule has 8 nitrogen and oxygen atoms in total. The smallest absolute Gasteiger partial charge is 0.307 e. The Kier molecular flexibility index (Phi) is 7.04. The molecule has 1 N–H and O–H groups in total. The van der Waals surface area contributed by atoms with Crippen molar-refractivity contribution in [3.8, 4) is 0 Å². The number of ketones is 1. The molecule has 2 rings (SSSR count). The molecule has 0 aliphatic heterocycles. The Bertz CT molecular complexity index is 705. The maximum absolute atomic E-state index is 12.0. The molecule has 4 atom stereocenters. The number of ether oxygens (including phenoxy) is 1. The summed E-state index contributed by atoms with van der Waals surface area (Å²) in [7, 11) is 0. The van der Waals surface area contributed by atoms with Gasteiger partial charge >= 0.3 is 5.97 Å². The lowest BCUT2D eigenvalue weighted by molar-refractivity contribution is -0.490. The van der Waals surface area contributed by atoms with Crippen molar-refractivity contribution in [3.05, 3.63) is 46.0 Å². The van der Waals surface area contributed by atoms with Crippen LogP contribution in [0, 0.1) is 27.9 Å². The largest absolute Gasteiger partial charge is 0.456 e. The summed E-state index contributed by atoms with van der Waals surface area (Å²) in [5, 5.41) is 13.5. The maximum atomic E-state index is 12.0. The van der Waals surface area contributed by atoms with Crippen LogP contribution in [-0.4, -0.2) is 35.7 Å². The van der Waals surface area contributed by atoms with Gasteiger partial charge in [-0.3, -0.25) is 24.5 Å². The summed E-state index contributed by atoms with van der Waals surface area (Å²) >= 11 is 0. The second-order valence-corrected chi connectivity index (χ2v) is 7.00. The van der Waals surface area contributed by atoms with Gasteiger partial charge in [0.25, 0.3) is 5.91 Å². The van der Waals surface area contributed by atoms with E-state index < -0.39 is 35.2 Å². The van der Waals surface area contributed by atoms with E-state index in [1.807, 2.05) is 37.3 Å². The lowest BCUT2D eigenvalue weighted by Gasteiger charge is -2.17. The average Bonchev–Trinajstić information content (AvgIpc) is 2.87. The molecule has 146 valence electrons. The van der Waals surface area contributed by atoms with Gasteiger partial charge in [-0.15, -0.1) is 0 Å². The van der Waals surface area contributed by atoms with Crippen LogP contribution in [0.1, 0.15) is 38.3 Å². The van der Waals surface area contributed by atoms with E-state index >= 15 is 0 Å². The highest BCUT2D eigenvalue weighted by Gasteiger charge is 2.44. The van der Waals surface area contributed by atoms with Crippen LogP contribution >= 0.6 is 0 Å². The van der Waals surface area contributed by atoms with Gasteiger partial charge in [-0.05, 0) is 18.4 Å². The number of nitrogens with one attached hydrogen (secondary N) is 1. The summed E-state index contributed by atoms with van der Waals surface area (Å²) in [5.41, 5.74) is 0.922. The van der Waals surface area contributed by atoms with Crippen molar-refractivity contribution in [1.29, 1.82) is 0 Å². The fraction of sp³-hybridized carbons (Fsp3) is 0.526. The molecule has 1 amide bonds. The molecule has 1 aromatic rings. The van der Waals surface area contributed by atoms with Gasteiger partial charge in [-0.2, -0.15) is 0 Å². The maximum Gasteiger partial charge on any atom is 0.307 e. The fourth-order valence-corrected chi connectivity index (χ4v) is 3.49. The number of amides is 1. The van der Waals surface area contributed by atoms with Gasteiger partial charge in [-0.25, -0.2) is 0 Å². The number of rotatable bonds is 8. The van der Waals surface area contributed by atoms with E-state index in [-0.39, 0.29) is 37.1 Å². The topological polar surface area (TPSA) is 116 Å². The Morgan fingerprint density at radius 3 is 2.63 bits per heavy atom. The van der Waals surface area contributed by atoms with E-state index in [0.29, 0.717) is 0 Å². The van der Waals surface area contributed by atoms with Crippen LogP contribution in [0.3, 0.4) is 0 Å². The molecular weight excluding hydrogens is 352 g/mol. The molecule has 1 aromatic carbocycles. The zero-order chi connectivity index (χ0) is 20.0. The molecule has 1 aliphatic carbocycles. The van der Waals surface area contributed by atoms with Crippen LogP contribution in [0.2, 0.25) is 0 Å². The summed E-state index contributed by atoms with van der Waals surface area (Å²) < 4.78 is 4.97. The van der Waals surface area contributed by atoms with Crippen LogP contribution in [0.5, 0.6) is 0 Å². The lowest BCUT2D eigenvalue weighted by Crippen LogP contribution is -2.32. The first-order chi connectivity index (χ1) is 12.8. The van der Waals surface area contributed by atoms with Crippen molar-refractivity contribution in [2.24, 2.45) is 17.8 Å². The van der Waals surface area contributed by atoms with E-state index in [4.69, 9.17) is 4.74 Å².